The minimum Gasteiger partial charge on any atom is -0.348 e. The molecule has 0 saturated carbocycles. The molecule has 0 aliphatic carbocycles. The average Bonchev–Trinajstić information content (AvgIpc) is 3.09. The summed E-state index contributed by atoms with van der Waals surface area (Å²) in [6, 6.07) is 16.0. The number of thioether (sulfide) groups is 1. The van der Waals surface area contributed by atoms with Crippen molar-refractivity contribution in [2.24, 2.45) is 0 Å². The van der Waals surface area contributed by atoms with Crippen LogP contribution in [0.1, 0.15) is 16.8 Å². The van der Waals surface area contributed by atoms with Gasteiger partial charge in [-0.2, -0.15) is 11.8 Å². The number of benzene rings is 2. The SMILES string of the molecule is O=C(Nc1ccccc1)Nc1ccccc1C(=O)N[C@@H]1CCSC1. The molecular weight excluding hydrogens is 322 g/mol. The summed E-state index contributed by atoms with van der Waals surface area (Å²) >= 11 is 1.84. The van der Waals surface area contributed by atoms with Crippen LogP contribution in [-0.4, -0.2) is 29.5 Å². The van der Waals surface area contributed by atoms with E-state index in [1.807, 2.05) is 30.0 Å². The van der Waals surface area contributed by atoms with Gasteiger partial charge in [-0.15, -0.1) is 0 Å². The Labute approximate surface area is 145 Å². The van der Waals surface area contributed by atoms with Crippen LogP contribution in [0, 0.1) is 0 Å². The summed E-state index contributed by atoms with van der Waals surface area (Å²) in [4.78, 5) is 24.6. The first-order chi connectivity index (χ1) is 11.7. The molecule has 0 spiro atoms. The zero-order valence-corrected chi connectivity index (χ0v) is 13.9. The second-order valence-corrected chi connectivity index (χ2v) is 6.67. The maximum atomic E-state index is 12.5. The highest BCUT2D eigenvalue weighted by Gasteiger charge is 2.20. The normalized spacial score (nSPS) is 16.4. The first-order valence-electron chi connectivity index (χ1n) is 7.83. The average molecular weight is 341 g/mol. The summed E-state index contributed by atoms with van der Waals surface area (Å²) in [5, 5.41) is 8.52. The fourth-order valence-corrected chi connectivity index (χ4v) is 3.66. The Kier molecular flexibility index (Phi) is 5.38. The van der Waals surface area contributed by atoms with Crippen LogP contribution in [0.5, 0.6) is 0 Å². The van der Waals surface area contributed by atoms with E-state index in [2.05, 4.69) is 16.0 Å². The van der Waals surface area contributed by atoms with Crippen LogP contribution in [0.2, 0.25) is 0 Å². The molecule has 24 heavy (non-hydrogen) atoms. The minimum absolute atomic E-state index is 0.155. The third-order valence-electron chi connectivity index (χ3n) is 3.72. The van der Waals surface area contributed by atoms with E-state index in [1.54, 1.807) is 36.4 Å². The van der Waals surface area contributed by atoms with Gasteiger partial charge in [-0.1, -0.05) is 30.3 Å². The molecule has 1 fully saturated rings. The summed E-state index contributed by atoms with van der Waals surface area (Å²) in [6.45, 7) is 0. The number of hydrogen-bond donors (Lipinski definition) is 3. The molecule has 0 aromatic heterocycles. The van der Waals surface area contributed by atoms with E-state index >= 15 is 0 Å². The van der Waals surface area contributed by atoms with Crippen molar-refractivity contribution in [2.45, 2.75) is 12.5 Å². The van der Waals surface area contributed by atoms with Crippen molar-refractivity contribution < 1.29 is 9.59 Å². The lowest BCUT2D eigenvalue weighted by molar-refractivity contribution is 0.0942. The summed E-state index contributed by atoms with van der Waals surface area (Å²) in [5.74, 6) is 1.86. The number of amides is 3. The predicted octanol–water partition coefficient (Wildman–Crippen LogP) is 3.57. The van der Waals surface area contributed by atoms with Crippen LogP contribution in [-0.2, 0) is 0 Å². The third kappa shape index (κ3) is 4.29. The molecule has 3 amide bonds. The number of urea groups is 1. The maximum absolute atomic E-state index is 12.5. The van der Waals surface area contributed by atoms with Gasteiger partial charge in [0.15, 0.2) is 0 Å². The molecule has 0 radical (unpaired) electrons. The number of anilines is 2. The highest BCUT2D eigenvalue weighted by molar-refractivity contribution is 7.99. The summed E-state index contributed by atoms with van der Waals surface area (Å²) in [7, 11) is 0. The van der Waals surface area contributed by atoms with Crippen LogP contribution in [0.25, 0.3) is 0 Å². The fourth-order valence-electron chi connectivity index (χ4n) is 2.51. The molecule has 3 rings (SSSR count). The maximum Gasteiger partial charge on any atom is 0.323 e. The summed E-state index contributed by atoms with van der Waals surface area (Å²) in [6.07, 6.45) is 0.987. The second kappa shape index (κ2) is 7.88. The van der Waals surface area contributed by atoms with E-state index < -0.39 is 0 Å². The minimum atomic E-state index is -0.377. The highest BCUT2D eigenvalue weighted by atomic mass is 32.2. The first-order valence-corrected chi connectivity index (χ1v) is 8.98. The van der Waals surface area contributed by atoms with Crippen molar-refractivity contribution in [1.29, 1.82) is 0 Å². The van der Waals surface area contributed by atoms with E-state index in [-0.39, 0.29) is 18.0 Å². The molecule has 1 aliphatic rings. The number of para-hydroxylation sites is 2. The van der Waals surface area contributed by atoms with E-state index in [0.717, 1.165) is 17.9 Å². The van der Waals surface area contributed by atoms with Crippen molar-refractivity contribution in [2.75, 3.05) is 22.1 Å². The van der Waals surface area contributed by atoms with Crippen molar-refractivity contribution in [1.82, 2.24) is 5.32 Å². The van der Waals surface area contributed by atoms with Gasteiger partial charge in [-0.05, 0) is 36.4 Å². The van der Waals surface area contributed by atoms with Gasteiger partial charge in [0.05, 0.1) is 11.3 Å². The molecule has 124 valence electrons. The van der Waals surface area contributed by atoms with Crippen molar-refractivity contribution >= 4 is 35.1 Å². The zero-order chi connectivity index (χ0) is 16.8. The van der Waals surface area contributed by atoms with E-state index in [4.69, 9.17) is 0 Å². The molecule has 2 aromatic carbocycles. The standard InChI is InChI=1S/C18H19N3O2S/c22-17(19-14-10-11-24-12-14)15-8-4-5-9-16(15)21-18(23)20-13-6-2-1-3-7-13/h1-9,14H,10-12H2,(H,19,22)(H2,20,21,23)/t14-/m1/s1. The Morgan fingerprint density at radius 2 is 1.71 bits per heavy atom. The Bertz CT molecular complexity index is 715. The zero-order valence-electron chi connectivity index (χ0n) is 13.1. The highest BCUT2D eigenvalue weighted by Crippen LogP contribution is 2.20. The lowest BCUT2D eigenvalue weighted by Gasteiger charge is -2.15. The second-order valence-electron chi connectivity index (χ2n) is 5.52. The van der Waals surface area contributed by atoms with Gasteiger partial charge in [0.2, 0.25) is 0 Å². The van der Waals surface area contributed by atoms with Gasteiger partial charge in [0.25, 0.3) is 5.91 Å². The molecule has 2 aromatic rings. The van der Waals surface area contributed by atoms with Crippen LogP contribution in [0.15, 0.2) is 54.6 Å². The van der Waals surface area contributed by atoms with E-state index in [1.165, 1.54) is 0 Å². The molecule has 1 atom stereocenters. The van der Waals surface area contributed by atoms with Crippen LogP contribution >= 0.6 is 11.8 Å². The topological polar surface area (TPSA) is 70.2 Å². The summed E-state index contributed by atoms with van der Waals surface area (Å²) < 4.78 is 0. The summed E-state index contributed by atoms with van der Waals surface area (Å²) in [5.41, 5.74) is 1.66. The molecule has 1 heterocycles. The van der Waals surface area contributed by atoms with Crippen molar-refractivity contribution in [3.63, 3.8) is 0 Å². The molecule has 1 aliphatic heterocycles. The fraction of sp³-hybridized carbons (Fsp3) is 0.222. The predicted molar refractivity (Wildman–Crippen MR) is 98.7 cm³/mol. The van der Waals surface area contributed by atoms with Gasteiger partial charge in [0, 0.05) is 17.5 Å². The van der Waals surface area contributed by atoms with Crippen molar-refractivity contribution in [3.8, 4) is 0 Å². The molecule has 0 unspecified atom stereocenters. The Morgan fingerprint density at radius 3 is 2.46 bits per heavy atom. The lowest BCUT2D eigenvalue weighted by atomic mass is 10.1. The third-order valence-corrected chi connectivity index (χ3v) is 4.88. The molecule has 6 heteroatoms. The molecule has 3 N–H and O–H groups in total. The van der Waals surface area contributed by atoms with E-state index in [9.17, 15) is 9.59 Å². The van der Waals surface area contributed by atoms with Crippen LogP contribution in [0.3, 0.4) is 0 Å². The lowest BCUT2D eigenvalue weighted by Crippen LogP contribution is -2.35. The van der Waals surface area contributed by atoms with E-state index in [0.29, 0.717) is 16.9 Å². The number of rotatable bonds is 4. The van der Waals surface area contributed by atoms with Crippen LogP contribution < -0.4 is 16.0 Å². The van der Waals surface area contributed by atoms with Crippen molar-refractivity contribution in [3.05, 3.63) is 60.2 Å². The van der Waals surface area contributed by atoms with Gasteiger partial charge >= 0.3 is 6.03 Å². The first kappa shape index (κ1) is 16.4. The Morgan fingerprint density at radius 1 is 0.958 bits per heavy atom. The molecular formula is C18H19N3O2S. The number of hydrogen-bond acceptors (Lipinski definition) is 3. The van der Waals surface area contributed by atoms with Crippen LogP contribution in [0.4, 0.5) is 16.2 Å². The Balaban J connectivity index is 1.67. The molecule has 5 nitrogen and oxygen atoms in total. The van der Waals surface area contributed by atoms with Gasteiger partial charge < -0.3 is 16.0 Å². The number of carbonyl (C=O) groups is 2. The van der Waals surface area contributed by atoms with Gasteiger partial charge in [0.1, 0.15) is 0 Å². The number of nitrogens with one attached hydrogen (secondary N) is 3. The molecule has 1 saturated heterocycles. The smallest absolute Gasteiger partial charge is 0.323 e. The monoisotopic (exact) mass is 341 g/mol. The number of carbonyl (C=O) groups excluding carboxylic acids is 2. The largest absolute Gasteiger partial charge is 0.348 e. The quantitative estimate of drug-likeness (QED) is 0.796. The van der Waals surface area contributed by atoms with Gasteiger partial charge in [-0.25, -0.2) is 4.79 Å². The van der Waals surface area contributed by atoms with Gasteiger partial charge in [-0.3, -0.25) is 4.79 Å². The molecule has 0 bridgehead atoms. The Hall–Kier alpha value is -2.47.